The van der Waals surface area contributed by atoms with Crippen LogP contribution in [0.2, 0.25) is 0 Å². The Labute approximate surface area is 166 Å². The Morgan fingerprint density at radius 2 is 2.07 bits per heavy atom. The summed E-state index contributed by atoms with van der Waals surface area (Å²) < 4.78 is 0. The highest BCUT2D eigenvalue weighted by molar-refractivity contribution is 7.09. The van der Waals surface area contributed by atoms with E-state index >= 15 is 0 Å². The number of aliphatic imine (C=N–C) groups is 1. The van der Waals surface area contributed by atoms with Crippen LogP contribution in [0.1, 0.15) is 66.9 Å². The first-order chi connectivity index (χ1) is 13.1. The molecule has 0 saturated heterocycles. The van der Waals surface area contributed by atoms with Crippen LogP contribution in [0, 0.1) is 0 Å². The van der Waals surface area contributed by atoms with Crippen molar-refractivity contribution in [3.8, 4) is 5.75 Å². The number of phenols is 1. The molecule has 1 aliphatic rings. The smallest absolute Gasteiger partial charge is 0.191 e. The molecule has 3 rings (SSSR count). The lowest BCUT2D eigenvalue weighted by atomic mass is 9.88. The molecule has 1 heterocycles. The van der Waals surface area contributed by atoms with E-state index in [-0.39, 0.29) is 0 Å². The largest absolute Gasteiger partial charge is 0.508 e. The Morgan fingerprint density at radius 1 is 1.26 bits per heavy atom. The van der Waals surface area contributed by atoms with Gasteiger partial charge in [0.25, 0.3) is 0 Å². The molecule has 0 atom stereocenters. The molecule has 0 bridgehead atoms. The number of fused-ring (bicyclic) bond motifs is 1. The van der Waals surface area contributed by atoms with E-state index in [2.05, 4.69) is 47.8 Å². The van der Waals surface area contributed by atoms with Crippen molar-refractivity contribution in [1.29, 1.82) is 0 Å². The minimum Gasteiger partial charge on any atom is -0.508 e. The minimum absolute atomic E-state index is 0.358. The molecule has 1 aliphatic carbocycles. The van der Waals surface area contributed by atoms with Crippen molar-refractivity contribution in [3.63, 3.8) is 0 Å². The van der Waals surface area contributed by atoms with Gasteiger partial charge in [0, 0.05) is 17.5 Å². The number of benzene rings is 1. The first-order valence-corrected chi connectivity index (χ1v) is 10.8. The fraction of sp³-hybridized carbons (Fsp3) is 0.524. The maximum absolute atomic E-state index is 10.4. The third kappa shape index (κ3) is 5.01. The molecule has 0 saturated carbocycles. The van der Waals surface area contributed by atoms with Crippen molar-refractivity contribution >= 4 is 17.3 Å². The molecule has 0 unspecified atom stereocenters. The molecule has 0 amide bonds. The number of aromatic nitrogens is 1. The zero-order valence-electron chi connectivity index (χ0n) is 16.5. The summed E-state index contributed by atoms with van der Waals surface area (Å²) >= 11 is 1.68. The Kier molecular flexibility index (Phi) is 6.72. The van der Waals surface area contributed by atoms with E-state index in [0.717, 1.165) is 41.6 Å². The summed E-state index contributed by atoms with van der Waals surface area (Å²) in [6.45, 7) is 8.30. The van der Waals surface area contributed by atoms with Crippen LogP contribution in [-0.2, 0) is 25.9 Å². The van der Waals surface area contributed by atoms with Gasteiger partial charge in [0.2, 0.25) is 0 Å². The second-order valence-corrected chi connectivity index (χ2v) is 8.22. The van der Waals surface area contributed by atoms with Gasteiger partial charge in [0.05, 0.1) is 18.8 Å². The lowest BCUT2D eigenvalue weighted by Gasteiger charge is -2.20. The van der Waals surface area contributed by atoms with Gasteiger partial charge >= 0.3 is 0 Å². The predicted molar refractivity (Wildman–Crippen MR) is 113 cm³/mol. The van der Waals surface area contributed by atoms with E-state index in [1.807, 2.05) is 6.07 Å². The molecule has 0 spiro atoms. The van der Waals surface area contributed by atoms with Crippen LogP contribution in [0.25, 0.3) is 0 Å². The molecular weight excluding hydrogens is 356 g/mol. The second kappa shape index (κ2) is 9.22. The van der Waals surface area contributed by atoms with Gasteiger partial charge in [-0.05, 0) is 55.7 Å². The summed E-state index contributed by atoms with van der Waals surface area (Å²) in [6.07, 6.45) is 4.56. The quantitative estimate of drug-likeness (QED) is 0.516. The Hall–Kier alpha value is -2.08. The van der Waals surface area contributed by atoms with E-state index in [1.165, 1.54) is 24.0 Å². The standard InChI is InChI=1S/C21H30N4OS/c1-4-22-21(24-12-20-25-18(13-27-20)14(2)3)23-11-17-16-8-6-5-7-15(16)9-10-19(17)26/h9-10,13-14,26H,4-8,11-12H2,1-3H3,(H2,22,23,24). The molecule has 27 heavy (non-hydrogen) atoms. The number of phenolic OH excluding ortho intramolecular Hbond substituents is 1. The normalized spacial score (nSPS) is 14.3. The topological polar surface area (TPSA) is 69.5 Å². The van der Waals surface area contributed by atoms with Gasteiger partial charge in [-0.1, -0.05) is 19.9 Å². The van der Waals surface area contributed by atoms with E-state index < -0.39 is 0 Å². The first kappa shape index (κ1) is 19.7. The van der Waals surface area contributed by atoms with Crippen LogP contribution >= 0.6 is 11.3 Å². The zero-order chi connectivity index (χ0) is 19.2. The molecule has 3 N–H and O–H groups in total. The van der Waals surface area contributed by atoms with E-state index in [9.17, 15) is 5.11 Å². The number of nitrogens with one attached hydrogen (secondary N) is 2. The highest BCUT2D eigenvalue weighted by Gasteiger charge is 2.16. The number of hydrogen-bond donors (Lipinski definition) is 3. The Morgan fingerprint density at radius 3 is 2.81 bits per heavy atom. The van der Waals surface area contributed by atoms with Crippen molar-refractivity contribution < 1.29 is 5.11 Å². The molecule has 0 radical (unpaired) electrons. The number of aromatic hydroxyl groups is 1. The monoisotopic (exact) mass is 386 g/mol. The average Bonchev–Trinajstić information content (AvgIpc) is 3.14. The van der Waals surface area contributed by atoms with Crippen molar-refractivity contribution in [3.05, 3.63) is 44.9 Å². The maximum Gasteiger partial charge on any atom is 0.191 e. The van der Waals surface area contributed by atoms with Crippen LogP contribution in [0.5, 0.6) is 5.75 Å². The molecule has 146 valence electrons. The minimum atomic E-state index is 0.358. The van der Waals surface area contributed by atoms with Gasteiger partial charge in [-0.2, -0.15) is 0 Å². The highest BCUT2D eigenvalue weighted by atomic mass is 32.1. The van der Waals surface area contributed by atoms with E-state index in [0.29, 0.717) is 24.8 Å². The van der Waals surface area contributed by atoms with Crippen LogP contribution in [0.4, 0.5) is 0 Å². The van der Waals surface area contributed by atoms with Gasteiger partial charge < -0.3 is 15.7 Å². The zero-order valence-corrected chi connectivity index (χ0v) is 17.3. The molecule has 6 heteroatoms. The average molecular weight is 387 g/mol. The lowest BCUT2D eigenvalue weighted by Crippen LogP contribution is -2.36. The Balaban J connectivity index is 1.70. The number of rotatable bonds is 6. The third-order valence-electron chi connectivity index (χ3n) is 4.93. The van der Waals surface area contributed by atoms with Gasteiger partial charge in [-0.25, -0.2) is 9.98 Å². The number of hydrogen-bond acceptors (Lipinski definition) is 4. The fourth-order valence-electron chi connectivity index (χ4n) is 3.40. The summed E-state index contributed by atoms with van der Waals surface area (Å²) in [6, 6.07) is 3.88. The first-order valence-electron chi connectivity index (χ1n) is 9.87. The third-order valence-corrected chi connectivity index (χ3v) is 5.80. The fourth-order valence-corrected chi connectivity index (χ4v) is 4.29. The summed E-state index contributed by atoms with van der Waals surface area (Å²) in [5.74, 6) is 1.56. The molecule has 1 aromatic heterocycles. The number of thiazole rings is 1. The van der Waals surface area contributed by atoms with Gasteiger partial charge in [0.15, 0.2) is 5.96 Å². The Bertz CT molecular complexity index is 797. The van der Waals surface area contributed by atoms with E-state index in [1.54, 1.807) is 11.3 Å². The number of guanidine groups is 1. The molecule has 0 aliphatic heterocycles. The van der Waals surface area contributed by atoms with Gasteiger partial charge in [-0.15, -0.1) is 11.3 Å². The van der Waals surface area contributed by atoms with Crippen molar-refractivity contribution in [2.45, 2.75) is 65.5 Å². The van der Waals surface area contributed by atoms with Crippen LogP contribution in [0.3, 0.4) is 0 Å². The van der Waals surface area contributed by atoms with E-state index in [4.69, 9.17) is 4.99 Å². The van der Waals surface area contributed by atoms with Crippen LogP contribution < -0.4 is 10.6 Å². The summed E-state index contributed by atoms with van der Waals surface area (Å²) in [5.41, 5.74) is 4.77. The summed E-state index contributed by atoms with van der Waals surface area (Å²) in [4.78, 5) is 9.39. The molecule has 0 fully saturated rings. The van der Waals surface area contributed by atoms with Crippen LogP contribution in [0.15, 0.2) is 22.5 Å². The van der Waals surface area contributed by atoms with Crippen molar-refractivity contribution in [1.82, 2.24) is 15.6 Å². The van der Waals surface area contributed by atoms with Crippen molar-refractivity contribution in [2.24, 2.45) is 4.99 Å². The molecule has 1 aromatic carbocycles. The molecule has 5 nitrogen and oxygen atoms in total. The second-order valence-electron chi connectivity index (χ2n) is 7.28. The van der Waals surface area contributed by atoms with Crippen LogP contribution in [-0.4, -0.2) is 22.6 Å². The lowest BCUT2D eigenvalue weighted by molar-refractivity contribution is 0.465. The summed E-state index contributed by atoms with van der Waals surface area (Å²) in [5, 5.41) is 20.2. The molecular formula is C21H30N4OS. The number of nitrogens with zero attached hydrogens (tertiary/aromatic N) is 2. The summed E-state index contributed by atoms with van der Waals surface area (Å²) in [7, 11) is 0. The predicted octanol–water partition coefficient (Wildman–Crippen LogP) is 4.11. The maximum atomic E-state index is 10.4. The SMILES string of the molecule is CCNC(=NCc1c(O)ccc2c1CCCC2)NCc1nc(C(C)C)cs1. The van der Waals surface area contributed by atoms with Crippen molar-refractivity contribution in [2.75, 3.05) is 6.54 Å². The number of aryl methyl sites for hydroxylation is 1. The molecule has 2 aromatic rings. The van der Waals surface area contributed by atoms with Gasteiger partial charge in [-0.3, -0.25) is 0 Å². The highest BCUT2D eigenvalue weighted by Crippen LogP contribution is 2.31. The van der Waals surface area contributed by atoms with Gasteiger partial charge in [0.1, 0.15) is 10.8 Å².